The molecular formula is C19H20N4O2. The SMILES string of the molecule is COc1cccc(CC(=O)Nc2ccc(-n3nc(C)cc3C)nc2)c1. The molecule has 2 heterocycles. The molecule has 1 aromatic carbocycles. The van der Waals surface area contributed by atoms with Crippen LogP contribution in [-0.2, 0) is 11.2 Å². The van der Waals surface area contributed by atoms with Crippen LogP contribution in [0.5, 0.6) is 5.75 Å². The third kappa shape index (κ3) is 4.03. The lowest BCUT2D eigenvalue weighted by Gasteiger charge is -2.08. The maximum Gasteiger partial charge on any atom is 0.228 e. The Kier molecular flexibility index (Phi) is 4.79. The number of benzene rings is 1. The van der Waals surface area contributed by atoms with Crippen LogP contribution in [0.2, 0.25) is 0 Å². The van der Waals surface area contributed by atoms with Gasteiger partial charge in [0, 0.05) is 5.69 Å². The van der Waals surface area contributed by atoms with Gasteiger partial charge in [0.2, 0.25) is 5.91 Å². The van der Waals surface area contributed by atoms with E-state index in [2.05, 4.69) is 15.4 Å². The first-order valence-electron chi connectivity index (χ1n) is 7.97. The highest BCUT2D eigenvalue weighted by Crippen LogP contribution is 2.15. The largest absolute Gasteiger partial charge is 0.497 e. The summed E-state index contributed by atoms with van der Waals surface area (Å²) in [6, 6.07) is 13.1. The number of nitrogens with zero attached hydrogens (tertiary/aromatic N) is 3. The minimum atomic E-state index is -0.103. The summed E-state index contributed by atoms with van der Waals surface area (Å²) in [7, 11) is 1.61. The summed E-state index contributed by atoms with van der Waals surface area (Å²) >= 11 is 0. The standard InChI is InChI=1S/C19H20N4O2/c1-13-9-14(2)23(22-13)18-8-7-16(12-20-18)21-19(24)11-15-5-4-6-17(10-15)25-3/h4-10,12H,11H2,1-3H3,(H,21,24). The van der Waals surface area contributed by atoms with Crippen molar-refractivity contribution in [3.8, 4) is 11.6 Å². The molecule has 0 atom stereocenters. The van der Waals surface area contributed by atoms with Crippen LogP contribution in [0.15, 0.2) is 48.7 Å². The summed E-state index contributed by atoms with van der Waals surface area (Å²) in [4.78, 5) is 16.6. The highest BCUT2D eigenvalue weighted by molar-refractivity contribution is 5.92. The van der Waals surface area contributed by atoms with Crippen LogP contribution in [-0.4, -0.2) is 27.8 Å². The van der Waals surface area contributed by atoms with Crippen LogP contribution in [0.1, 0.15) is 17.0 Å². The lowest BCUT2D eigenvalue weighted by atomic mass is 10.1. The maximum absolute atomic E-state index is 12.2. The molecule has 3 aromatic rings. The van der Waals surface area contributed by atoms with E-state index >= 15 is 0 Å². The Hall–Kier alpha value is -3.15. The summed E-state index contributed by atoms with van der Waals surface area (Å²) in [6.45, 7) is 3.92. The summed E-state index contributed by atoms with van der Waals surface area (Å²) in [5, 5.41) is 7.25. The van der Waals surface area contributed by atoms with Crippen molar-refractivity contribution in [3.05, 3.63) is 65.6 Å². The number of ether oxygens (including phenoxy) is 1. The van der Waals surface area contributed by atoms with Crippen molar-refractivity contribution in [2.24, 2.45) is 0 Å². The number of rotatable bonds is 5. The minimum absolute atomic E-state index is 0.103. The van der Waals surface area contributed by atoms with Gasteiger partial charge in [-0.15, -0.1) is 0 Å². The molecule has 0 radical (unpaired) electrons. The Bertz CT molecular complexity index is 885. The maximum atomic E-state index is 12.2. The molecule has 6 nitrogen and oxygen atoms in total. The molecule has 128 valence electrons. The molecule has 25 heavy (non-hydrogen) atoms. The molecule has 0 aliphatic rings. The third-order valence-corrected chi connectivity index (χ3v) is 3.76. The normalized spacial score (nSPS) is 10.5. The van der Waals surface area contributed by atoms with Crippen molar-refractivity contribution < 1.29 is 9.53 Å². The van der Waals surface area contributed by atoms with Crippen LogP contribution in [0.25, 0.3) is 5.82 Å². The van der Waals surface area contributed by atoms with E-state index in [0.29, 0.717) is 5.69 Å². The van der Waals surface area contributed by atoms with Gasteiger partial charge in [0.15, 0.2) is 5.82 Å². The molecular weight excluding hydrogens is 316 g/mol. The fraction of sp³-hybridized carbons (Fsp3) is 0.211. The van der Waals surface area contributed by atoms with Gasteiger partial charge in [0.05, 0.1) is 31.1 Å². The molecule has 1 N–H and O–H groups in total. The number of methoxy groups -OCH3 is 1. The van der Waals surface area contributed by atoms with Gasteiger partial charge in [-0.3, -0.25) is 4.79 Å². The minimum Gasteiger partial charge on any atom is -0.497 e. The van der Waals surface area contributed by atoms with Gasteiger partial charge < -0.3 is 10.1 Å². The van der Waals surface area contributed by atoms with Gasteiger partial charge in [-0.2, -0.15) is 5.10 Å². The lowest BCUT2D eigenvalue weighted by Crippen LogP contribution is -2.14. The molecule has 0 saturated carbocycles. The number of amides is 1. The smallest absolute Gasteiger partial charge is 0.228 e. The molecule has 1 amide bonds. The number of aryl methyl sites for hydroxylation is 2. The first-order chi connectivity index (χ1) is 12.0. The fourth-order valence-corrected chi connectivity index (χ4v) is 2.62. The van der Waals surface area contributed by atoms with Crippen molar-refractivity contribution >= 4 is 11.6 Å². The van der Waals surface area contributed by atoms with Crippen molar-refractivity contribution in [1.82, 2.24) is 14.8 Å². The van der Waals surface area contributed by atoms with Crippen LogP contribution in [0.3, 0.4) is 0 Å². The number of carbonyl (C=O) groups is 1. The van der Waals surface area contributed by atoms with Crippen molar-refractivity contribution in [1.29, 1.82) is 0 Å². The summed E-state index contributed by atoms with van der Waals surface area (Å²) in [6.07, 6.45) is 1.91. The Labute approximate surface area is 146 Å². The van der Waals surface area contributed by atoms with Crippen LogP contribution in [0, 0.1) is 13.8 Å². The highest BCUT2D eigenvalue weighted by atomic mass is 16.5. The van der Waals surface area contributed by atoms with E-state index in [1.807, 2.05) is 56.3 Å². The zero-order valence-electron chi connectivity index (χ0n) is 14.5. The first-order valence-corrected chi connectivity index (χ1v) is 7.97. The van der Waals surface area contributed by atoms with E-state index in [1.165, 1.54) is 0 Å². The second-order valence-electron chi connectivity index (χ2n) is 5.82. The quantitative estimate of drug-likeness (QED) is 0.777. The van der Waals surface area contributed by atoms with Crippen molar-refractivity contribution in [3.63, 3.8) is 0 Å². The molecule has 2 aromatic heterocycles. The van der Waals surface area contributed by atoms with Gasteiger partial charge in [0.1, 0.15) is 5.75 Å². The van der Waals surface area contributed by atoms with Crippen molar-refractivity contribution in [2.45, 2.75) is 20.3 Å². The molecule has 0 fully saturated rings. The summed E-state index contributed by atoms with van der Waals surface area (Å²) in [5.74, 6) is 1.35. The summed E-state index contributed by atoms with van der Waals surface area (Å²) < 4.78 is 6.95. The van der Waals surface area contributed by atoms with E-state index in [0.717, 1.165) is 28.5 Å². The molecule has 0 saturated heterocycles. The number of anilines is 1. The summed E-state index contributed by atoms with van der Waals surface area (Å²) in [5.41, 5.74) is 3.50. The number of pyridine rings is 1. The Morgan fingerprint density at radius 1 is 1.20 bits per heavy atom. The molecule has 6 heteroatoms. The first kappa shape index (κ1) is 16.7. The van der Waals surface area contributed by atoms with E-state index in [9.17, 15) is 4.79 Å². The van der Waals surface area contributed by atoms with Crippen LogP contribution < -0.4 is 10.1 Å². The lowest BCUT2D eigenvalue weighted by molar-refractivity contribution is -0.115. The number of carbonyl (C=O) groups excluding carboxylic acids is 1. The molecule has 0 bridgehead atoms. The zero-order chi connectivity index (χ0) is 17.8. The molecule has 0 aliphatic carbocycles. The number of aromatic nitrogens is 3. The van der Waals surface area contributed by atoms with Crippen molar-refractivity contribution in [2.75, 3.05) is 12.4 Å². The zero-order valence-corrected chi connectivity index (χ0v) is 14.5. The Morgan fingerprint density at radius 2 is 2.04 bits per heavy atom. The second-order valence-corrected chi connectivity index (χ2v) is 5.82. The van der Waals surface area contributed by atoms with Gasteiger partial charge in [-0.05, 0) is 49.7 Å². The monoisotopic (exact) mass is 336 g/mol. The average molecular weight is 336 g/mol. The Morgan fingerprint density at radius 3 is 2.68 bits per heavy atom. The van der Waals surface area contributed by atoms with Gasteiger partial charge in [-0.1, -0.05) is 12.1 Å². The van der Waals surface area contributed by atoms with Gasteiger partial charge >= 0.3 is 0 Å². The van der Waals surface area contributed by atoms with Gasteiger partial charge in [0.25, 0.3) is 0 Å². The number of nitrogens with one attached hydrogen (secondary N) is 1. The second kappa shape index (κ2) is 7.17. The highest BCUT2D eigenvalue weighted by Gasteiger charge is 2.08. The Balaban J connectivity index is 1.66. The number of hydrogen-bond acceptors (Lipinski definition) is 4. The predicted octanol–water partition coefficient (Wildman–Crippen LogP) is 3.07. The number of hydrogen-bond donors (Lipinski definition) is 1. The molecule has 3 rings (SSSR count). The topological polar surface area (TPSA) is 69.0 Å². The molecule has 0 spiro atoms. The van der Waals surface area contributed by atoms with E-state index in [1.54, 1.807) is 18.0 Å². The van der Waals surface area contributed by atoms with Crippen LogP contribution in [0.4, 0.5) is 5.69 Å². The fourth-order valence-electron chi connectivity index (χ4n) is 2.62. The third-order valence-electron chi connectivity index (χ3n) is 3.76. The average Bonchev–Trinajstić information content (AvgIpc) is 2.94. The van der Waals surface area contributed by atoms with Gasteiger partial charge in [-0.25, -0.2) is 9.67 Å². The van der Waals surface area contributed by atoms with E-state index in [4.69, 9.17) is 4.74 Å². The van der Waals surface area contributed by atoms with Crippen LogP contribution >= 0.6 is 0 Å². The molecule has 0 unspecified atom stereocenters. The predicted molar refractivity (Wildman–Crippen MR) is 96.2 cm³/mol. The van der Waals surface area contributed by atoms with E-state index in [-0.39, 0.29) is 12.3 Å². The van der Waals surface area contributed by atoms with E-state index < -0.39 is 0 Å². The molecule has 0 aliphatic heterocycles.